The molecule has 1 amide bonds. The van der Waals surface area contributed by atoms with Gasteiger partial charge in [-0.05, 0) is 38.5 Å². The summed E-state index contributed by atoms with van der Waals surface area (Å²) in [6.07, 6.45) is 5.30. The zero-order valence-corrected chi connectivity index (χ0v) is 10.4. The van der Waals surface area contributed by atoms with E-state index in [-0.39, 0.29) is 5.91 Å². The van der Waals surface area contributed by atoms with Crippen LogP contribution < -0.4 is 5.32 Å². The molecule has 0 aliphatic heterocycles. The minimum atomic E-state index is -0.675. The summed E-state index contributed by atoms with van der Waals surface area (Å²) in [5.74, 6) is 2.24. The normalized spacial score (nSPS) is 10.7. The topological polar surface area (TPSA) is 29.1 Å². The molecule has 0 aromatic heterocycles. The molecular formula is C13H14ClNO. The van der Waals surface area contributed by atoms with Crippen LogP contribution in [0.3, 0.4) is 0 Å². The molecule has 0 aliphatic carbocycles. The maximum atomic E-state index is 11.9. The van der Waals surface area contributed by atoms with Crippen LogP contribution in [0.5, 0.6) is 0 Å². The molecule has 3 heteroatoms. The van der Waals surface area contributed by atoms with E-state index in [0.29, 0.717) is 10.6 Å². The van der Waals surface area contributed by atoms with Crippen LogP contribution in [0.15, 0.2) is 18.2 Å². The van der Waals surface area contributed by atoms with Gasteiger partial charge in [-0.2, -0.15) is 0 Å². The average Bonchev–Trinajstić information content (AvgIpc) is 2.16. The lowest BCUT2D eigenvalue weighted by Crippen LogP contribution is -2.42. The van der Waals surface area contributed by atoms with Crippen LogP contribution >= 0.6 is 11.6 Å². The van der Waals surface area contributed by atoms with E-state index >= 15 is 0 Å². The smallest absolute Gasteiger partial charge is 0.253 e. The molecule has 16 heavy (non-hydrogen) atoms. The summed E-state index contributed by atoms with van der Waals surface area (Å²) in [7, 11) is 0. The van der Waals surface area contributed by atoms with Gasteiger partial charge in [-0.1, -0.05) is 23.6 Å². The fourth-order valence-electron chi connectivity index (χ4n) is 1.19. The van der Waals surface area contributed by atoms with Gasteiger partial charge in [-0.15, -0.1) is 6.42 Å². The molecule has 1 rings (SSSR count). The molecular weight excluding hydrogens is 222 g/mol. The van der Waals surface area contributed by atoms with E-state index in [1.807, 2.05) is 13.0 Å². The number of nitrogens with one attached hydrogen (secondary N) is 1. The molecule has 1 aromatic rings. The lowest BCUT2D eigenvalue weighted by Gasteiger charge is -2.19. The summed E-state index contributed by atoms with van der Waals surface area (Å²) in [6, 6.07) is 5.28. The lowest BCUT2D eigenvalue weighted by molar-refractivity contribution is 0.0930. The maximum Gasteiger partial charge on any atom is 0.253 e. The van der Waals surface area contributed by atoms with Gasteiger partial charge in [0.25, 0.3) is 5.91 Å². The minimum absolute atomic E-state index is 0.257. The third-order valence-corrected chi connectivity index (χ3v) is 2.47. The maximum absolute atomic E-state index is 11.9. The van der Waals surface area contributed by atoms with E-state index in [1.54, 1.807) is 26.0 Å². The molecule has 0 saturated carbocycles. The van der Waals surface area contributed by atoms with E-state index in [0.717, 1.165) is 5.56 Å². The number of amides is 1. The van der Waals surface area contributed by atoms with Crippen LogP contribution in [-0.2, 0) is 0 Å². The van der Waals surface area contributed by atoms with E-state index in [9.17, 15) is 4.79 Å². The second kappa shape index (κ2) is 4.59. The standard InChI is InChI=1S/C13H14ClNO/c1-5-13(3,4)15-12(16)10-7-6-9(2)8-11(10)14/h1,6-8H,2-4H3,(H,15,16). The zero-order chi connectivity index (χ0) is 12.3. The number of hydrogen-bond acceptors (Lipinski definition) is 1. The van der Waals surface area contributed by atoms with Crippen molar-refractivity contribution >= 4 is 17.5 Å². The van der Waals surface area contributed by atoms with Gasteiger partial charge in [0.1, 0.15) is 0 Å². The molecule has 0 heterocycles. The summed E-state index contributed by atoms with van der Waals surface area (Å²) in [5, 5.41) is 3.16. The predicted molar refractivity (Wildman–Crippen MR) is 66.6 cm³/mol. The molecule has 0 atom stereocenters. The summed E-state index contributed by atoms with van der Waals surface area (Å²) in [6.45, 7) is 5.43. The Labute approximate surface area is 101 Å². The average molecular weight is 236 g/mol. The second-order valence-corrected chi connectivity index (χ2v) is 4.61. The zero-order valence-electron chi connectivity index (χ0n) is 9.60. The molecule has 0 bridgehead atoms. The Kier molecular flexibility index (Phi) is 3.62. The number of rotatable bonds is 2. The molecule has 0 spiro atoms. The second-order valence-electron chi connectivity index (χ2n) is 4.21. The third kappa shape index (κ3) is 3.01. The van der Waals surface area contributed by atoms with Gasteiger partial charge in [-0.25, -0.2) is 0 Å². The summed E-state index contributed by atoms with van der Waals surface area (Å²) < 4.78 is 0. The Morgan fingerprint density at radius 1 is 1.50 bits per heavy atom. The first-order chi connectivity index (χ1) is 7.35. The number of hydrogen-bond donors (Lipinski definition) is 1. The Balaban J connectivity index is 2.95. The van der Waals surface area contributed by atoms with Gasteiger partial charge < -0.3 is 5.32 Å². The van der Waals surface area contributed by atoms with Crippen molar-refractivity contribution in [3.63, 3.8) is 0 Å². The summed E-state index contributed by atoms with van der Waals surface area (Å²) in [5.41, 5.74) is 0.777. The van der Waals surface area contributed by atoms with Gasteiger partial charge >= 0.3 is 0 Å². The van der Waals surface area contributed by atoms with Crippen molar-refractivity contribution in [3.8, 4) is 12.3 Å². The van der Waals surface area contributed by atoms with Crippen molar-refractivity contribution in [2.45, 2.75) is 26.3 Å². The fourth-order valence-corrected chi connectivity index (χ4v) is 1.51. The van der Waals surface area contributed by atoms with Gasteiger partial charge in [-0.3, -0.25) is 4.79 Å². The van der Waals surface area contributed by atoms with E-state index in [4.69, 9.17) is 18.0 Å². The van der Waals surface area contributed by atoms with E-state index < -0.39 is 5.54 Å². The highest BCUT2D eigenvalue weighted by Crippen LogP contribution is 2.18. The van der Waals surface area contributed by atoms with Crippen molar-refractivity contribution in [3.05, 3.63) is 34.3 Å². The summed E-state index contributed by atoms with van der Waals surface area (Å²) in [4.78, 5) is 11.9. The molecule has 0 unspecified atom stereocenters. The molecule has 0 radical (unpaired) electrons. The molecule has 1 N–H and O–H groups in total. The van der Waals surface area contributed by atoms with Crippen LogP contribution in [-0.4, -0.2) is 11.4 Å². The molecule has 84 valence electrons. The monoisotopic (exact) mass is 235 g/mol. The highest BCUT2D eigenvalue weighted by atomic mass is 35.5. The molecule has 0 aliphatic rings. The van der Waals surface area contributed by atoms with Crippen molar-refractivity contribution in [1.29, 1.82) is 0 Å². The highest BCUT2D eigenvalue weighted by Gasteiger charge is 2.19. The quantitative estimate of drug-likeness (QED) is 0.785. The van der Waals surface area contributed by atoms with Crippen LogP contribution in [0, 0.1) is 19.3 Å². The van der Waals surface area contributed by atoms with E-state index in [1.165, 1.54) is 0 Å². The molecule has 0 saturated heterocycles. The highest BCUT2D eigenvalue weighted by molar-refractivity contribution is 6.33. The Hall–Kier alpha value is -1.46. The molecule has 0 fully saturated rings. The van der Waals surface area contributed by atoms with Crippen LogP contribution in [0.25, 0.3) is 0 Å². The first-order valence-electron chi connectivity index (χ1n) is 4.92. The molecule has 2 nitrogen and oxygen atoms in total. The van der Waals surface area contributed by atoms with Gasteiger partial charge in [0.2, 0.25) is 0 Å². The fraction of sp³-hybridized carbons (Fsp3) is 0.308. The van der Waals surface area contributed by atoms with Crippen molar-refractivity contribution in [2.24, 2.45) is 0 Å². The number of carbonyl (C=O) groups excluding carboxylic acids is 1. The number of aryl methyl sites for hydroxylation is 1. The van der Waals surface area contributed by atoms with E-state index in [2.05, 4.69) is 11.2 Å². The first kappa shape index (κ1) is 12.6. The summed E-state index contributed by atoms with van der Waals surface area (Å²) >= 11 is 5.98. The van der Waals surface area contributed by atoms with Crippen LogP contribution in [0.2, 0.25) is 5.02 Å². The number of benzene rings is 1. The Morgan fingerprint density at radius 2 is 2.12 bits per heavy atom. The van der Waals surface area contributed by atoms with Crippen molar-refractivity contribution < 1.29 is 4.79 Å². The third-order valence-electron chi connectivity index (χ3n) is 2.16. The number of carbonyl (C=O) groups is 1. The SMILES string of the molecule is C#CC(C)(C)NC(=O)c1ccc(C)cc1Cl. The predicted octanol–water partition coefficient (Wildman–Crippen LogP) is 2.79. The van der Waals surface area contributed by atoms with Crippen molar-refractivity contribution in [2.75, 3.05) is 0 Å². The molecule has 1 aromatic carbocycles. The van der Waals surface area contributed by atoms with Gasteiger partial charge in [0.05, 0.1) is 16.1 Å². The Bertz CT molecular complexity index is 457. The van der Waals surface area contributed by atoms with Crippen LogP contribution in [0.1, 0.15) is 29.8 Å². The number of terminal acetylenes is 1. The van der Waals surface area contributed by atoms with Gasteiger partial charge in [0.15, 0.2) is 0 Å². The Morgan fingerprint density at radius 3 is 2.62 bits per heavy atom. The lowest BCUT2D eigenvalue weighted by atomic mass is 10.1. The largest absolute Gasteiger partial charge is 0.336 e. The van der Waals surface area contributed by atoms with Gasteiger partial charge in [0, 0.05) is 0 Å². The number of halogens is 1. The minimum Gasteiger partial charge on any atom is -0.336 e. The van der Waals surface area contributed by atoms with Crippen molar-refractivity contribution in [1.82, 2.24) is 5.32 Å². The first-order valence-corrected chi connectivity index (χ1v) is 5.30. The van der Waals surface area contributed by atoms with Crippen LogP contribution in [0.4, 0.5) is 0 Å².